The van der Waals surface area contributed by atoms with Gasteiger partial charge in [-0.15, -0.1) is 0 Å². The van der Waals surface area contributed by atoms with E-state index in [0.717, 1.165) is 5.46 Å². The van der Waals surface area contributed by atoms with Crippen molar-refractivity contribution >= 4 is 29.7 Å². The van der Waals surface area contributed by atoms with Crippen molar-refractivity contribution < 1.29 is 14.1 Å². The van der Waals surface area contributed by atoms with E-state index in [1.165, 1.54) is 6.92 Å². The Morgan fingerprint density at radius 2 is 1.82 bits per heavy atom. The molecule has 0 saturated carbocycles. The summed E-state index contributed by atoms with van der Waals surface area (Å²) in [4.78, 5) is 20.5. The molecular formula is C15H20BN3O3. The minimum atomic E-state index is -0.502. The normalized spacial score (nSPS) is 19.8. The third-order valence-electron chi connectivity index (χ3n) is 4.54. The van der Waals surface area contributed by atoms with E-state index in [0.29, 0.717) is 17.0 Å². The maximum absolute atomic E-state index is 11.8. The minimum Gasteiger partial charge on any atom is -0.399 e. The maximum atomic E-state index is 11.8. The van der Waals surface area contributed by atoms with Crippen molar-refractivity contribution in [2.75, 3.05) is 0 Å². The Bertz CT molecular complexity index is 751. The molecule has 0 amide bonds. The molecule has 22 heavy (non-hydrogen) atoms. The number of carbonyl (C=O) groups is 1. The number of hydrogen-bond acceptors (Lipinski definition) is 5. The van der Waals surface area contributed by atoms with Crippen molar-refractivity contribution in [1.29, 1.82) is 0 Å². The van der Waals surface area contributed by atoms with Gasteiger partial charge in [-0.1, -0.05) is 0 Å². The average molecular weight is 301 g/mol. The van der Waals surface area contributed by atoms with Gasteiger partial charge < -0.3 is 9.31 Å². The lowest BCUT2D eigenvalue weighted by Gasteiger charge is -2.32. The highest BCUT2D eigenvalue weighted by molar-refractivity contribution is 6.62. The van der Waals surface area contributed by atoms with E-state index >= 15 is 0 Å². The van der Waals surface area contributed by atoms with Gasteiger partial charge in [0.25, 0.3) is 0 Å². The Balaban J connectivity index is 2.07. The molecule has 2 aromatic rings. The zero-order valence-corrected chi connectivity index (χ0v) is 13.8. The molecule has 7 heteroatoms. The second kappa shape index (κ2) is 4.63. The molecule has 0 atom stereocenters. The van der Waals surface area contributed by atoms with Crippen molar-refractivity contribution in [1.82, 2.24) is 14.5 Å². The van der Waals surface area contributed by atoms with Gasteiger partial charge >= 0.3 is 7.12 Å². The molecule has 0 aliphatic carbocycles. The van der Waals surface area contributed by atoms with Crippen LogP contribution >= 0.6 is 0 Å². The van der Waals surface area contributed by atoms with Crippen LogP contribution in [0.25, 0.3) is 11.2 Å². The first-order valence-corrected chi connectivity index (χ1v) is 7.34. The van der Waals surface area contributed by atoms with Crippen molar-refractivity contribution in [2.24, 2.45) is 0 Å². The molecule has 0 unspecified atom stereocenters. The van der Waals surface area contributed by atoms with Gasteiger partial charge in [0.05, 0.1) is 16.7 Å². The van der Waals surface area contributed by atoms with Gasteiger partial charge in [-0.3, -0.25) is 9.36 Å². The number of carbonyl (C=O) groups excluding carboxylic acids is 1. The van der Waals surface area contributed by atoms with Crippen molar-refractivity contribution in [2.45, 2.75) is 52.7 Å². The molecule has 3 heterocycles. The van der Waals surface area contributed by atoms with Crippen LogP contribution in [0.5, 0.6) is 0 Å². The first-order chi connectivity index (χ1) is 10.1. The van der Waals surface area contributed by atoms with Crippen LogP contribution in [-0.2, 0) is 9.31 Å². The Labute approximate surface area is 130 Å². The quantitative estimate of drug-likeness (QED) is 0.750. The van der Waals surface area contributed by atoms with E-state index in [1.54, 1.807) is 17.7 Å². The minimum absolute atomic E-state index is 0.0899. The molecule has 2 aromatic heterocycles. The summed E-state index contributed by atoms with van der Waals surface area (Å²) < 4.78 is 13.6. The van der Waals surface area contributed by atoms with Crippen LogP contribution in [0.2, 0.25) is 0 Å². The first-order valence-electron chi connectivity index (χ1n) is 7.34. The van der Waals surface area contributed by atoms with Crippen LogP contribution < -0.4 is 5.46 Å². The van der Waals surface area contributed by atoms with Crippen LogP contribution in [0.15, 0.2) is 12.3 Å². The Hall–Kier alpha value is -1.73. The molecule has 0 aromatic carbocycles. The summed E-state index contributed by atoms with van der Waals surface area (Å²) in [7, 11) is -0.502. The Morgan fingerprint density at radius 3 is 2.36 bits per heavy atom. The van der Waals surface area contributed by atoms with Gasteiger partial charge in [-0.05, 0) is 40.7 Å². The summed E-state index contributed by atoms with van der Waals surface area (Å²) in [6.07, 6.45) is 1.70. The molecule has 0 bridgehead atoms. The zero-order chi connectivity index (χ0) is 16.3. The fraction of sp³-hybridized carbons (Fsp3) is 0.533. The number of nitrogens with zero attached hydrogens (tertiary/aromatic N) is 3. The zero-order valence-electron chi connectivity index (χ0n) is 13.8. The number of hydrogen-bond donors (Lipinski definition) is 0. The summed E-state index contributed by atoms with van der Waals surface area (Å²) >= 11 is 0. The molecule has 1 fully saturated rings. The van der Waals surface area contributed by atoms with Crippen LogP contribution in [0.3, 0.4) is 0 Å². The van der Waals surface area contributed by atoms with Crippen LogP contribution in [-0.4, -0.2) is 38.8 Å². The van der Waals surface area contributed by atoms with E-state index in [1.807, 2.05) is 33.8 Å². The molecule has 3 rings (SSSR count). The highest BCUT2D eigenvalue weighted by Crippen LogP contribution is 2.36. The number of aryl methyl sites for hydroxylation is 1. The van der Waals surface area contributed by atoms with E-state index in [-0.39, 0.29) is 5.91 Å². The molecule has 116 valence electrons. The van der Waals surface area contributed by atoms with Crippen LogP contribution in [0, 0.1) is 6.92 Å². The molecule has 1 saturated heterocycles. The number of fused-ring (bicyclic) bond motifs is 1. The van der Waals surface area contributed by atoms with E-state index < -0.39 is 18.3 Å². The van der Waals surface area contributed by atoms with Crippen molar-refractivity contribution in [3.8, 4) is 0 Å². The lowest BCUT2D eigenvalue weighted by Crippen LogP contribution is -2.41. The van der Waals surface area contributed by atoms with Crippen LogP contribution in [0.1, 0.15) is 45.2 Å². The third-order valence-corrected chi connectivity index (χ3v) is 4.54. The van der Waals surface area contributed by atoms with Crippen molar-refractivity contribution in [3.63, 3.8) is 0 Å². The average Bonchev–Trinajstić information content (AvgIpc) is 2.81. The molecule has 1 aliphatic rings. The van der Waals surface area contributed by atoms with E-state index in [2.05, 4.69) is 9.97 Å². The highest BCUT2D eigenvalue weighted by atomic mass is 16.7. The van der Waals surface area contributed by atoms with Gasteiger partial charge in [-0.25, -0.2) is 9.97 Å². The van der Waals surface area contributed by atoms with Gasteiger partial charge in [0.15, 0.2) is 5.65 Å². The van der Waals surface area contributed by atoms with Gasteiger partial charge in [0, 0.05) is 18.6 Å². The SMILES string of the molecule is CC(=O)n1c(C)nc2ncc(B3OC(C)(C)C(C)(C)O3)cc21. The monoisotopic (exact) mass is 301 g/mol. The van der Waals surface area contributed by atoms with Gasteiger partial charge in [0.2, 0.25) is 5.91 Å². The second-order valence-electron chi connectivity index (χ2n) is 6.71. The molecule has 0 spiro atoms. The Kier molecular flexibility index (Phi) is 3.20. The van der Waals surface area contributed by atoms with Crippen molar-refractivity contribution in [3.05, 3.63) is 18.1 Å². The number of pyridine rings is 1. The molecule has 1 aliphatic heterocycles. The van der Waals surface area contributed by atoms with Crippen LogP contribution in [0.4, 0.5) is 0 Å². The second-order valence-corrected chi connectivity index (χ2v) is 6.71. The maximum Gasteiger partial charge on any atom is 0.496 e. The summed E-state index contributed by atoms with van der Waals surface area (Å²) in [5.74, 6) is 0.536. The lowest BCUT2D eigenvalue weighted by molar-refractivity contribution is 0.00578. The smallest absolute Gasteiger partial charge is 0.399 e. The summed E-state index contributed by atoms with van der Waals surface area (Å²) in [5, 5.41) is 0. The topological polar surface area (TPSA) is 66.2 Å². The number of aromatic nitrogens is 3. The summed E-state index contributed by atoms with van der Waals surface area (Å²) in [5.41, 5.74) is 1.19. The first kappa shape index (κ1) is 15.2. The highest BCUT2D eigenvalue weighted by Gasteiger charge is 2.51. The standard InChI is InChI=1S/C15H20BN3O3/c1-9-18-13-12(19(9)10(2)20)7-11(8-17-13)16-21-14(3,4)15(5,6)22-16/h7-8H,1-6H3. The summed E-state index contributed by atoms with van der Waals surface area (Å²) in [6.45, 7) is 11.3. The number of imidazole rings is 1. The molecule has 6 nitrogen and oxygen atoms in total. The predicted octanol–water partition coefficient (Wildman–Crippen LogP) is 1.70. The fourth-order valence-corrected chi connectivity index (χ4v) is 2.60. The lowest BCUT2D eigenvalue weighted by atomic mass is 9.80. The van der Waals surface area contributed by atoms with Gasteiger partial charge in [0.1, 0.15) is 5.82 Å². The molecule has 0 N–H and O–H groups in total. The predicted molar refractivity (Wildman–Crippen MR) is 84.3 cm³/mol. The fourth-order valence-electron chi connectivity index (χ4n) is 2.60. The number of rotatable bonds is 1. The third kappa shape index (κ3) is 2.16. The summed E-state index contributed by atoms with van der Waals surface area (Å²) in [6, 6.07) is 1.87. The largest absolute Gasteiger partial charge is 0.496 e. The van der Waals surface area contributed by atoms with E-state index in [9.17, 15) is 4.79 Å². The van der Waals surface area contributed by atoms with E-state index in [4.69, 9.17) is 9.31 Å². The molecular weight excluding hydrogens is 281 g/mol. The molecule has 0 radical (unpaired) electrons. The van der Waals surface area contributed by atoms with Gasteiger partial charge in [-0.2, -0.15) is 0 Å². The Morgan fingerprint density at radius 1 is 1.23 bits per heavy atom.